The minimum absolute atomic E-state index is 0.0622. The number of hydrogen-bond donors (Lipinski definition) is 1. The zero-order chi connectivity index (χ0) is 17.3. The number of furan rings is 1. The van der Waals surface area contributed by atoms with E-state index in [2.05, 4.69) is 5.32 Å². The molecule has 3 rings (SSSR count). The molecule has 130 valence electrons. The first-order chi connectivity index (χ1) is 11.5. The van der Waals surface area contributed by atoms with Gasteiger partial charge in [0.25, 0.3) is 5.91 Å². The molecular formula is C17H22N2O5. The molecule has 3 heterocycles. The average molecular weight is 334 g/mol. The Kier molecular flexibility index (Phi) is 4.71. The number of rotatable bonds is 5. The van der Waals surface area contributed by atoms with Gasteiger partial charge in [-0.05, 0) is 30.9 Å². The summed E-state index contributed by atoms with van der Waals surface area (Å²) >= 11 is 0. The Bertz CT molecular complexity index is 625. The molecule has 2 amide bonds. The summed E-state index contributed by atoms with van der Waals surface area (Å²) < 4.78 is 10.5. The molecule has 24 heavy (non-hydrogen) atoms. The first-order valence-electron chi connectivity index (χ1n) is 8.26. The molecular weight excluding hydrogens is 312 g/mol. The summed E-state index contributed by atoms with van der Waals surface area (Å²) in [6.07, 6.45) is 2.35. The first kappa shape index (κ1) is 16.7. The van der Waals surface area contributed by atoms with Gasteiger partial charge in [-0.1, -0.05) is 13.8 Å². The van der Waals surface area contributed by atoms with Crippen molar-refractivity contribution in [3.05, 3.63) is 24.2 Å². The average Bonchev–Trinajstić information content (AvgIpc) is 3.24. The van der Waals surface area contributed by atoms with Crippen LogP contribution in [-0.2, 0) is 14.3 Å². The van der Waals surface area contributed by atoms with E-state index >= 15 is 0 Å². The second kappa shape index (κ2) is 6.76. The SMILES string of the molecule is CC(C)CC(NC(=O)c1ccco1)C(=O)N1CCC2OCC(=O)C21. The molecule has 2 fully saturated rings. The highest BCUT2D eigenvalue weighted by Crippen LogP contribution is 2.28. The van der Waals surface area contributed by atoms with Gasteiger partial charge in [0.15, 0.2) is 11.5 Å². The number of carbonyl (C=O) groups is 3. The molecule has 7 heteroatoms. The van der Waals surface area contributed by atoms with Crippen LogP contribution in [0.3, 0.4) is 0 Å². The number of Topliss-reactive ketones (excluding diaryl/α,β-unsaturated/α-hetero) is 1. The van der Waals surface area contributed by atoms with Gasteiger partial charge in [0, 0.05) is 6.54 Å². The Morgan fingerprint density at radius 1 is 1.42 bits per heavy atom. The maximum Gasteiger partial charge on any atom is 0.287 e. The minimum atomic E-state index is -0.685. The fourth-order valence-corrected chi connectivity index (χ4v) is 3.37. The van der Waals surface area contributed by atoms with Crippen molar-refractivity contribution >= 4 is 17.6 Å². The van der Waals surface area contributed by atoms with Gasteiger partial charge in [0.05, 0.1) is 12.4 Å². The number of fused-ring (bicyclic) bond motifs is 1. The third kappa shape index (κ3) is 3.21. The lowest BCUT2D eigenvalue weighted by Gasteiger charge is -2.28. The van der Waals surface area contributed by atoms with E-state index in [9.17, 15) is 14.4 Å². The molecule has 0 radical (unpaired) electrons. The Labute approximate surface area is 140 Å². The molecule has 2 aliphatic heterocycles. The minimum Gasteiger partial charge on any atom is -0.459 e. The van der Waals surface area contributed by atoms with Gasteiger partial charge in [-0.3, -0.25) is 14.4 Å². The topological polar surface area (TPSA) is 88.8 Å². The van der Waals surface area contributed by atoms with Crippen LogP contribution < -0.4 is 5.32 Å². The molecule has 1 aromatic rings. The quantitative estimate of drug-likeness (QED) is 0.867. The smallest absolute Gasteiger partial charge is 0.287 e. The van der Waals surface area contributed by atoms with Crippen molar-refractivity contribution in [3.8, 4) is 0 Å². The lowest BCUT2D eigenvalue weighted by Crippen LogP contribution is -2.52. The molecule has 3 unspecified atom stereocenters. The number of nitrogens with zero attached hydrogens (tertiary/aromatic N) is 1. The summed E-state index contributed by atoms with van der Waals surface area (Å²) in [5.74, 6) is -0.342. The maximum absolute atomic E-state index is 12.9. The van der Waals surface area contributed by atoms with Gasteiger partial charge in [0.1, 0.15) is 18.7 Å². The third-order valence-electron chi connectivity index (χ3n) is 4.45. The Hall–Kier alpha value is -2.15. The number of nitrogens with one attached hydrogen (secondary N) is 1. The molecule has 2 aliphatic rings. The van der Waals surface area contributed by atoms with Crippen LogP contribution >= 0.6 is 0 Å². The monoisotopic (exact) mass is 334 g/mol. The first-order valence-corrected chi connectivity index (χ1v) is 8.26. The Morgan fingerprint density at radius 3 is 2.88 bits per heavy atom. The van der Waals surface area contributed by atoms with E-state index in [1.807, 2.05) is 13.8 Å². The molecule has 0 bridgehead atoms. The van der Waals surface area contributed by atoms with Crippen LogP contribution in [0.4, 0.5) is 0 Å². The van der Waals surface area contributed by atoms with Crippen molar-refractivity contribution in [1.29, 1.82) is 0 Å². The molecule has 0 saturated carbocycles. The molecule has 0 aliphatic carbocycles. The number of amides is 2. The van der Waals surface area contributed by atoms with Gasteiger partial charge >= 0.3 is 0 Å². The molecule has 1 aromatic heterocycles. The van der Waals surface area contributed by atoms with Crippen molar-refractivity contribution in [2.24, 2.45) is 5.92 Å². The highest BCUT2D eigenvalue weighted by Gasteiger charge is 2.48. The van der Waals surface area contributed by atoms with E-state index < -0.39 is 18.0 Å². The molecule has 0 aromatic carbocycles. The lowest BCUT2D eigenvalue weighted by molar-refractivity contribution is -0.138. The Balaban J connectivity index is 1.74. The standard InChI is InChI=1S/C17H22N2O5/c1-10(2)8-11(18-16(21)14-4-3-7-23-14)17(22)19-6-5-13-15(19)12(20)9-24-13/h3-4,7,10-11,13,15H,5-6,8-9H2,1-2H3,(H,18,21). The summed E-state index contributed by atoms with van der Waals surface area (Å²) in [6.45, 7) is 4.50. The molecule has 7 nitrogen and oxygen atoms in total. The van der Waals surface area contributed by atoms with Crippen LogP contribution in [0.15, 0.2) is 22.8 Å². The molecule has 2 saturated heterocycles. The van der Waals surface area contributed by atoms with Gasteiger partial charge in [-0.25, -0.2) is 0 Å². The van der Waals surface area contributed by atoms with Crippen molar-refractivity contribution in [1.82, 2.24) is 10.2 Å². The van der Waals surface area contributed by atoms with E-state index in [4.69, 9.17) is 9.15 Å². The molecule has 0 spiro atoms. The van der Waals surface area contributed by atoms with E-state index in [0.717, 1.165) is 0 Å². The van der Waals surface area contributed by atoms with Gasteiger partial charge in [-0.2, -0.15) is 0 Å². The van der Waals surface area contributed by atoms with Gasteiger partial charge < -0.3 is 19.4 Å². The molecule has 3 atom stereocenters. The van der Waals surface area contributed by atoms with E-state index in [1.165, 1.54) is 6.26 Å². The highest BCUT2D eigenvalue weighted by atomic mass is 16.5. The summed E-state index contributed by atoms with van der Waals surface area (Å²) in [5, 5.41) is 2.75. The van der Waals surface area contributed by atoms with Crippen LogP contribution in [-0.4, -0.2) is 53.8 Å². The van der Waals surface area contributed by atoms with Crippen molar-refractivity contribution in [3.63, 3.8) is 0 Å². The summed E-state index contributed by atoms with van der Waals surface area (Å²) in [7, 11) is 0. The second-order valence-electron chi connectivity index (χ2n) is 6.71. The predicted octanol–water partition coefficient (Wildman–Crippen LogP) is 0.993. The van der Waals surface area contributed by atoms with Crippen LogP contribution in [0.25, 0.3) is 0 Å². The van der Waals surface area contributed by atoms with Gasteiger partial charge in [0.2, 0.25) is 5.91 Å². The number of ketones is 1. The van der Waals surface area contributed by atoms with Crippen LogP contribution in [0.5, 0.6) is 0 Å². The number of likely N-dealkylation sites (tertiary alicyclic amines) is 1. The van der Waals surface area contributed by atoms with E-state index in [1.54, 1.807) is 17.0 Å². The lowest BCUT2D eigenvalue weighted by atomic mass is 10.0. The number of ether oxygens (including phenoxy) is 1. The van der Waals surface area contributed by atoms with Crippen LogP contribution in [0, 0.1) is 5.92 Å². The largest absolute Gasteiger partial charge is 0.459 e. The van der Waals surface area contributed by atoms with Crippen molar-refractivity contribution in [2.45, 2.75) is 44.9 Å². The zero-order valence-corrected chi connectivity index (χ0v) is 13.9. The predicted molar refractivity (Wildman–Crippen MR) is 84.3 cm³/mol. The van der Waals surface area contributed by atoms with E-state index in [0.29, 0.717) is 19.4 Å². The summed E-state index contributed by atoms with van der Waals surface area (Å²) in [6, 6.07) is 1.97. The highest BCUT2D eigenvalue weighted by molar-refractivity contribution is 5.98. The summed E-state index contributed by atoms with van der Waals surface area (Å²) in [4.78, 5) is 38.8. The molecule has 1 N–H and O–H groups in total. The fourth-order valence-electron chi connectivity index (χ4n) is 3.37. The third-order valence-corrected chi connectivity index (χ3v) is 4.45. The van der Waals surface area contributed by atoms with Gasteiger partial charge in [-0.15, -0.1) is 0 Å². The normalized spacial score (nSPS) is 24.3. The van der Waals surface area contributed by atoms with Crippen molar-refractivity contribution in [2.75, 3.05) is 13.2 Å². The van der Waals surface area contributed by atoms with E-state index in [-0.39, 0.29) is 36.1 Å². The maximum atomic E-state index is 12.9. The van der Waals surface area contributed by atoms with Crippen LogP contribution in [0.2, 0.25) is 0 Å². The number of carbonyl (C=O) groups excluding carboxylic acids is 3. The van der Waals surface area contributed by atoms with Crippen LogP contribution in [0.1, 0.15) is 37.2 Å². The summed E-state index contributed by atoms with van der Waals surface area (Å²) in [5.41, 5.74) is 0. The second-order valence-corrected chi connectivity index (χ2v) is 6.71. The number of hydrogen-bond acceptors (Lipinski definition) is 5. The van der Waals surface area contributed by atoms with Crippen molar-refractivity contribution < 1.29 is 23.5 Å². The Morgan fingerprint density at radius 2 is 2.21 bits per heavy atom. The fraction of sp³-hybridized carbons (Fsp3) is 0.588. The zero-order valence-electron chi connectivity index (χ0n) is 13.9.